The number of ether oxygens (including phenoxy) is 2. The first-order chi connectivity index (χ1) is 10.5. The van der Waals surface area contributed by atoms with Crippen molar-refractivity contribution in [1.82, 2.24) is 0 Å². The number of anilines is 1. The zero-order valence-corrected chi connectivity index (χ0v) is 13.7. The average molecular weight is 304 g/mol. The molecule has 0 radical (unpaired) electrons. The van der Waals surface area contributed by atoms with Crippen LogP contribution in [0.5, 0.6) is 5.75 Å². The van der Waals surface area contributed by atoms with Crippen molar-refractivity contribution in [2.75, 3.05) is 19.5 Å². The molecule has 120 valence electrons. The van der Waals surface area contributed by atoms with Gasteiger partial charge in [-0.05, 0) is 31.5 Å². The van der Waals surface area contributed by atoms with E-state index in [-0.39, 0.29) is 5.91 Å². The molecule has 5 nitrogen and oxygen atoms in total. The Morgan fingerprint density at radius 3 is 2.64 bits per heavy atom. The summed E-state index contributed by atoms with van der Waals surface area (Å²) in [6, 6.07) is 7.01. The van der Waals surface area contributed by atoms with Crippen LogP contribution in [0.2, 0.25) is 0 Å². The zero-order valence-electron chi connectivity index (χ0n) is 13.7. The molecule has 0 saturated carbocycles. The lowest BCUT2D eigenvalue weighted by molar-refractivity contribution is -0.136. The number of nitrogens with zero attached hydrogens (tertiary/aromatic N) is 1. The molecule has 0 bridgehead atoms. The van der Waals surface area contributed by atoms with Gasteiger partial charge in [0.25, 0.3) is 5.91 Å². The quantitative estimate of drug-likeness (QED) is 0.746. The van der Waals surface area contributed by atoms with E-state index in [1.165, 1.54) is 7.11 Å². The Labute approximate surface area is 132 Å². The van der Waals surface area contributed by atoms with E-state index in [2.05, 4.69) is 12.2 Å². The fraction of sp³-hybridized carbons (Fsp3) is 0.529. The molecule has 1 amide bonds. The molecule has 0 heterocycles. The molecule has 22 heavy (non-hydrogen) atoms. The number of hydrogen-bond acceptors (Lipinski definition) is 4. The third-order valence-electron chi connectivity index (χ3n) is 3.77. The van der Waals surface area contributed by atoms with Gasteiger partial charge in [-0.1, -0.05) is 26.2 Å². The standard InChI is InChI=1S/C17H24N2O3/c1-5-6-7-10-17(2,22-4)16(20)19-14-8-9-15(21-3)13(11-14)12-18/h8-9,11H,5-7,10H2,1-4H3,(H,19,20)/t17-/m1/s1. The Bertz CT molecular complexity index is 551. The third kappa shape index (κ3) is 4.47. The van der Waals surface area contributed by atoms with E-state index in [0.29, 0.717) is 23.4 Å². The van der Waals surface area contributed by atoms with Crippen LogP contribution in [-0.2, 0) is 9.53 Å². The summed E-state index contributed by atoms with van der Waals surface area (Å²) < 4.78 is 10.5. The highest BCUT2D eigenvalue weighted by molar-refractivity contribution is 5.97. The number of amides is 1. The van der Waals surface area contributed by atoms with E-state index in [1.807, 2.05) is 6.07 Å². The number of benzene rings is 1. The van der Waals surface area contributed by atoms with Crippen molar-refractivity contribution in [2.24, 2.45) is 0 Å². The number of methoxy groups -OCH3 is 2. The Balaban J connectivity index is 2.84. The van der Waals surface area contributed by atoms with Crippen molar-refractivity contribution in [3.8, 4) is 11.8 Å². The van der Waals surface area contributed by atoms with E-state index in [4.69, 9.17) is 14.7 Å². The van der Waals surface area contributed by atoms with E-state index in [9.17, 15) is 4.79 Å². The highest BCUT2D eigenvalue weighted by Gasteiger charge is 2.32. The van der Waals surface area contributed by atoms with Gasteiger partial charge < -0.3 is 14.8 Å². The van der Waals surface area contributed by atoms with E-state index < -0.39 is 5.60 Å². The normalized spacial score (nSPS) is 13.0. The van der Waals surface area contributed by atoms with Gasteiger partial charge in [-0.15, -0.1) is 0 Å². The monoisotopic (exact) mass is 304 g/mol. The predicted octanol–water partition coefficient (Wildman–Crippen LogP) is 3.49. The molecule has 0 aliphatic heterocycles. The molecule has 0 aliphatic carbocycles. The summed E-state index contributed by atoms with van der Waals surface area (Å²) in [5.41, 5.74) is 0.0635. The molecular formula is C17H24N2O3. The van der Waals surface area contributed by atoms with E-state index >= 15 is 0 Å². The zero-order chi connectivity index (χ0) is 16.6. The van der Waals surface area contributed by atoms with Gasteiger partial charge >= 0.3 is 0 Å². The van der Waals surface area contributed by atoms with Crippen LogP contribution in [0, 0.1) is 11.3 Å². The second-order valence-electron chi connectivity index (χ2n) is 5.37. The molecule has 1 aromatic carbocycles. The summed E-state index contributed by atoms with van der Waals surface area (Å²) in [5.74, 6) is 0.276. The molecule has 0 saturated heterocycles. The number of carbonyl (C=O) groups excluding carboxylic acids is 1. The van der Waals surface area contributed by atoms with Crippen molar-refractivity contribution in [2.45, 2.75) is 45.1 Å². The van der Waals surface area contributed by atoms with Gasteiger partial charge in [-0.3, -0.25) is 4.79 Å². The van der Waals surface area contributed by atoms with Gasteiger partial charge in [0, 0.05) is 12.8 Å². The van der Waals surface area contributed by atoms with Gasteiger partial charge in [-0.25, -0.2) is 0 Å². The second-order valence-corrected chi connectivity index (χ2v) is 5.37. The second kappa shape index (κ2) is 8.40. The van der Waals surface area contributed by atoms with E-state index in [0.717, 1.165) is 19.3 Å². The summed E-state index contributed by atoms with van der Waals surface area (Å²) in [6.45, 7) is 3.90. The summed E-state index contributed by atoms with van der Waals surface area (Å²) in [4.78, 5) is 12.5. The number of nitriles is 1. The first-order valence-corrected chi connectivity index (χ1v) is 7.45. The minimum Gasteiger partial charge on any atom is -0.495 e. The first kappa shape index (κ1) is 18.0. The third-order valence-corrected chi connectivity index (χ3v) is 3.77. The van der Waals surface area contributed by atoms with Crippen molar-refractivity contribution < 1.29 is 14.3 Å². The number of unbranched alkanes of at least 4 members (excludes halogenated alkanes) is 2. The van der Waals surface area contributed by atoms with Gasteiger partial charge in [0.1, 0.15) is 17.4 Å². The molecule has 0 fully saturated rings. The fourth-order valence-electron chi connectivity index (χ4n) is 2.16. The van der Waals surface area contributed by atoms with Crippen molar-refractivity contribution in [3.05, 3.63) is 23.8 Å². The van der Waals surface area contributed by atoms with Crippen LogP contribution < -0.4 is 10.1 Å². The Morgan fingerprint density at radius 1 is 1.36 bits per heavy atom. The van der Waals surface area contributed by atoms with Crippen LogP contribution in [0.4, 0.5) is 5.69 Å². The number of hydrogen-bond donors (Lipinski definition) is 1. The van der Waals surface area contributed by atoms with Gasteiger partial charge in [0.2, 0.25) is 0 Å². The molecule has 0 spiro atoms. The highest BCUT2D eigenvalue weighted by Crippen LogP contribution is 2.24. The molecule has 1 atom stereocenters. The predicted molar refractivity (Wildman–Crippen MR) is 85.9 cm³/mol. The maximum Gasteiger partial charge on any atom is 0.256 e. The van der Waals surface area contributed by atoms with Crippen LogP contribution in [0.3, 0.4) is 0 Å². The molecule has 1 N–H and O–H groups in total. The smallest absolute Gasteiger partial charge is 0.256 e. The van der Waals surface area contributed by atoms with Gasteiger partial charge in [0.15, 0.2) is 0 Å². The number of nitrogens with one attached hydrogen (secondary N) is 1. The topological polar surface area (TPSA) is 71.3 Å². The van der Waals surface area contributed by atoms with Gasteiger partial charge in [0.05, 0.1) is 12.7 Å². The lowest BCUT2D eigenvalue weighted by Gasteiger charge is -2.27. The summed E-state index contributed by atoms with van der Waals surface area (Å²) in [7, 11) is 3.05. The first-order valence-electron chi connectivity index (χ1n) is 7.45. The Morgan fingerprint density at radius 2 is 2.09 bits per heavy atom. The minimum absolute atomic E-state index is 0.208. The average Bonchev–Trinajstić information content (AvgIpc) is 2.54. The molecule has 1 aromatic rings. The summed E-state index contributed by atoms with van der Waals surface area (Å²) in [6.07, 6.45) is 3.74. The maximum atomic E-state index is 12.5. The van der Waals surface area contributed by atoms with Crippen LogP contribution in [0.1, 0.15) is 45.1 Å². The lowest BCUT2D eigenvalue weighted by atomic mass is 9.97. The molecule has 0 unspecified atom stereocenters. The number of carbonyl (C=O) groups is 1. The van der Waals surface area contributed by atoms with Crippen LogP contribution >= 0.6 is 0 Å². The van der Waals surface area contributed by atoms with E-state index in [1.54, 1.807) is 32.2 Å². The summed E-state index contributed by atoms with van der Waals surface area (Å²) >= 11 is 0. The Hall–Kier alpha value is -2.06. The minimum atomic E-state index is -0.873. The van der Waals surface area contributed by atoms with Crippen LogP contribution in [-0.4, -0.2) is 25.7 Å². The molecule has 5 heteroatoms. The Kier molecular flexibility index (Phi) is 6.87. The van der Waals surface area contributed by atoms with Gasteiger partial charge in [-0.2, -0.15) is 5.26 Å². The van der Waals surface area contributed by atoms with Crippen LogP contribution in [0.25, 0.3) is 0 Å². The molecule has 0 aliphatic rings. The number of rotatable bonds is 8. The SMILES string of the molecule is CCCCC[C@@](C)(OC)C(=O)Nc1ccc(OC)c(C#N)c1. The maximum absolute atomic E-state index is 12.5. The molecular weight excluding hydrogens is 280 g/mol. The van der Waals surface area contributed by atoms with Crippen molar-refractivity contribution >= 4 is 11.6 Å². The molecule has 0 aromatic heterocycles. The van der Waals surface area contributed by atoms with Crippen molar-refractivity contribution in [3.63, 3.8) is 0 Å². The van der Waals surface area contributed by atoms with Crippen molar-refractivity contribution in [1.29, 1.82) is 5.26 Å². The largest absolute Gasteiger partial charge is 0.495 e. The lowest BCUT2D eigenvalue weighted by Crippen LogP contribution is -2.41. The molecule has 1 rings (SSSR count). The fourth-order valence-corrected chi connectivity index (χ4v) is 2.16. The van der Waals surface area contributed by atoms with Crippen LogP contribution in [0.15, 0.2) is 18.2 Å². The highest BCUT2D eigenvalue weighted by atomic mass is 16.5. The summed E-state index contributed by atoms with van der Waals surface area (Å²) in [5, 5.41) is 11.9.